The van der Waals surface area contributed by atoms with Crippen molar-refractivity contribution in [2.45, 2.75) is 13.0 Å². The van der Waals surface area contributed by atoms with Crippen molar-refractivity contribution in [3.63, 3.8) is 0 Å². The van der Waals surface area contributed by atoms with Crippen molar-refractivity contribution >= 4 is 11.7 Å². The molecule has 1 aliphatic heterocycles. The Bertz CT molecular complexity index is 384. The number of fused-ring (bicyclic) bond motifs is 1. The first-order valence-electron chi connectivity index (χ1n) is 4.42. The van der Waals surface area contributed by atoms with E-state index >= 15 is 0 Å². The topological polar surface area (TPSA) is 63.5 Å². The quantitative estimate of drug-likeness (QED) is 0.701. The van der Waals surface area contributed by atoms with Crippen LogP contribution in [0.5, 0.6) is 5.75 Å². The summed E-state index contributed by atoms with van der Waals surface area (Å²) in [6, 6.07) is 0. The zero-order chi connectivity index (χ0) is 10.3. The molecule has 0 fully saturated rings. The first-order valence-corrected chi connectivity index (χ1v) is 4.42. The molecule has 5 nitrogen and oxygen atoms in total. The number of hydrogen-bond acceptors (Lipinski definition) is 3. The van der Waals surface area contributed by atoms with Crippen molar-refractivity contribution in [3.05, 3.63) is 11.9 Å². The second-order valence-corrected chi connectivity index (χ2v) is 3.45. The molecule has 2 heterocycles. The third-order valence-electron chi connectivity index (χ3n) is 2.24. The first-order chi connectivity index (χ1) is 6.59. The van der Waals surface area contributed by atoms with Gasteiger partial charge in [0, 0.05) is 13.2 Å². The number of anilines is 1. The number of rotatable bonds is 1. The number of aryl methyl sites for hydroxylation is 1. The monoisotopic (exact) mass is 196 g/mol. The van der Waals surface area contributed by atoms with Crippen LogP contribution in [0.25, 0.3) is 0 Å². The van der Waals surface area contributed by atoms with E-state index < -0.39 is 5.97 Å². The minimum atomic E-state index is -0.968. The SMILES string of the molecule is CC1CNc2cn(C)c(C(=O)O)c2O1. The summed E-state index contributed by atoms with van der Waals surface area (Å²) in [5, 5.41) is 12.1. The van der Waals surface area contributed by atoms with Crippen LogP contribution in [0, 0.1) is 0 Å². The molecule has 1 unspecified atom stereocenters. The summed E-state index contributed by atoms with van der Waals surface area (Å²) < 4.78 is 7.03. The molecule has 0 saturated carbocycles. The average molecular weight is 196 g/mol. The van der Waals surface area contributed by atoms with Crippen LogP contribution in [0.4, 0.5) is 5.69 Å². The molecule has 1 aromatic rings. The second-order valence-electron chi connectivity index (χ2n) is 3.45. The van der Waals surface area contributed by atoms with E-state index in [0.29, 0.717) is 12.3 Å². The smallest absolute Gasteiger partial charge is 0.356 e. The summed E-state index contributed by atoms with van der Waals surface area (Å²) in [6.07, 6.45) is 1.73. The molecule has 76 valence electrons. The largest absolute Gasteiger partial charge is 0.484 e. The van der Waals surface area contributed by atoms with Gasteiger partial charge in [-0.2, -0.15) is 0 Å². The highest BCUT2D eigenvalue weighted by Gasteiger charge is 2.26. The van der Waals surface area contributed by atoms with Crippen LogP contribution in [-0.4, -0.2) is 28.3 Å². The van der Waals surface area contributed by atoms with Crippen LogP contribution in [0.15, 0.2) is 6.20 Å². The van der Waals surface area contributed by atoms with Gasteiger partial charge in [0.2, 0.25) is 0 Å². The molecule has 1 atom stereocenters. The zero-order valence-corrected chi connectivity index (χ0v) is 8.07. The van der Waals surface area contributed by atoms with Gasteiger partial charge in [0.1, 0.15) is 6.10 Å². The molecule has 0 aliphatic carbocycles. The maximum Gasteiger partial charge on any atom is 0.356 e. The zero-order valence-electron chi connectivity index (χ0n) is 8.07. The fourth-order valence-electron chi connectivity index (χ4n) is 1.59. The van der Waals surface area contributed by atoms with Gasteiger partial charge >= 0.3 is 5.97 Å². The van der Waals surface area contributed by atoms with E-state index in [9.17, 15) is 4.79 Å². The molecular weight excluding hydrogens is 184 g/mol. The Labute approximate surface area is 81.3 Å². The number of nitrogens with one attached hydrogen (secondary N) is 1. The van der Waals surface area contributed by atoms with Gasteiger partial charge in [0.15, 0.2) is 11.4 Å². The Balaban J connectivity index is 2.50. The highest BCUT2D eigenvalue weighted by molar-refractivity contribution is 5.92. The van der Waals surface area contributed by atoms with Crippen LogP contribution in [0.3, 0.4) is 0 Å². The molecule has 0 radical (unpaired) electrons. The Morgan fingerprint density at radius 1 is 1.79 bits per heavy atom. The number of aromatic nitrogens is 1. The number of carboxylic acid groups (broad SMARTS) is 1. The molecule has 14 heavy (non-hydrogen) atoms. The van der Waals surface area contributed by atoms with Gasteiger partial charge in [-0.1, -0.05) is 0 Å². The van der Waals surface area contributed by atoms with E-state index in [2.05, 4.69) is 5.32 Å². The summed E-state index contributed by atoms with van der Waals surface area (Å²) in [5.74, 6) is -0.525. The molecule has 0 aromatic carbocycles. The summed E-state index contributed by atoms with van der Waals surface area (Å²) in [7, 11) is 1.69. The molecule has 0 amide bonds. The van der Waals surface area contributed by atoms with E-state index in [1.165, 1.54) is 0 Å². The lowest BCUT2D eigenvalue weighted by molar-refractivity contribution is 0.0679. The number of nitrogens with zero attached hydrogens (tertiary/aromatic N) is 1. The third-order valence-corrected chi connectivity index (χ3v) is 2.24. The summed E-state index contributed by atoms with van der Waals surface area (Å²) in [4.78, 5) is 10.9. The van der Waals surface area contributed by atoms with Gasteiger partial charge in [-0.25, -0.2) is 4.79 Å². The Kier molecular flexibility index (Phi) is 1.87. The van der Waals surface area contributed by atoms with Crippen LogP contribution in [0.2, 0.25) is 0 Å². The minimum Gasteiger partial charge on any atom is -0.484 e. The molecule has 2 rings (SSSR count). The first kappa shape index (κ1) is 8.93. The lowest BCUT2D eigenvalue weighted by atomic mass is 10.3. The average Bonchev–Trinajstić information content (AvgIpc) is 2.40. The van der Waals surface area contributed by atoms with Gasteiger partial charge in [0.05, 0.1) is 12.2 Å². The summed E-state index contributed by atoms with van der Waals surface area (Å²) in [5.41, 5.74) is 0.946. The van der Waals surface area contributed by atoms with Crippen LogP contribution in [0.1, 0.15) is 17.4 Å². The van der Waals surface area contributed by atoms with E-state index in [1.54, 1.807) is 17.8 Å². The Hall–Kier alpha value is -1.65. The van der Waals surface area contributed by atoms with Gasteiger partial charge in [-0.3, -0.25) is 0 Å². The fraction of sp³-hybridized carbons (Fsp3) is 0.444. The van der Waals surface area contributed by atoms with Gasteiger partial charge in [0.25, 0.3) is 0 Å². The maximum atomic E-state index is 10.9. The van der Waals surface area contributed by atoms with E-state index in [1.807, 2.05) is 6.92 Å². The Morgan fingerprint density at radius 2 is 2.50 bits per heavy atom. The Morgan fingerprint density at radius 3 is 3.14 bits per heavy atom. The second kappa shape index (κ2) is 2.94. The third kappa shape index (κ3) is 1.21. The van der Waals surface area contributed by atoms with Crippen molar-refractivity contribution in [1.82, 2.24) is 4.57 Å². The van der Waals surface area contributed by atoms with Crippen LogP contribution < -0.4 is 10.1 Å². The predicted molar refractivity (Wildman–Crippen MR) is 51.0 cm³/mol. The standard InChI is InChI=1S/C9H12N2O3/c1-5-3-10-6-4-11(2)7(9(12)13)8(6)14-5/h4-5,10H,3H2,1-2H3,(H,12,13). The van der Waals surface area contributed by atoms with Crippen molar-refractivity contribution in [2.24, 2.45) is 7.05 Å². The van der Waals surface area contributed by atoms with Crippen molar-refractivity contribution in [2.75, 3.05) is 11.9 Å². The number of carboxylic acids is 1. The number of hydrogen-bond donors (Lipinski definition) is 2. The number of ether oxygens (including phenoxy) is 1. The summed E-state index contributed by atoms with van der Waals surface area (Å²) >= 11 is 0. The molecule has 0 spiro atoms. The number of aromatic carboxylic acids is 1. The lowest BCUT2D eigenvalue weighted by Gasteiger charge is -2.22. The van der Waals surface area contributed by atoms with Gasteiger partial charge < -0.3 is 19.7 Å². The molecule has 1 aliphatic rings. The minimum absolute atomic E-state index is 0.00278. The van der Waals surface area contributed by atoms with Gasteiger partial charge in [-0.15, -0.1) is 0 Å². The molecular formula is C9H12N2O3. The highest BCUT2D eigenvalue weighted by atomic mass is 16.5. The molecule has 0 bridgehead atoms. The normalized spacial score (nSPS) is 19.4. The highest BCUT2D eigenvalue weighted by Crippen LogP contribution is 2.34. The molecule has 2 N–H and O–H groups in total. The van der Waals surface area contributed by atoms with Crippen molar-refractivity contribution in [1.29, 1.82) is 0 Å². The van der Waals surface area contributed by atoms with Gasteiger partial charge in [-0.05, 0) is 6.92 Å². The molecule has 1 aromatic heterocycles. The van der Waals surface area contributed by atoms with Crippen molar-refractivity contribution in [3.8, 4) is 5.75 Å². The van der Waals surface area contributed by atoms with Crippen molar-refractivity contribution < 1.29 is 14.6 Å². The van der Waals surface area contributed by atoms with Crippen LogP contribution in [-0.2, 0) is 7.05 Å². The lowest BCUT2D eigenvalue weighted by Crippen LogP contribution is -2.27. The molecule has 0 saturated heterocycles. The van der Waals surface area contributed by atoms with E-state index in [-0.39, 0.29) is 11.8 Å². The fourth-order valence-corrected chi connectivity index (χ4v) is 1.59. The van der Waals surface area contributed by atoms with E-state index in [0.717, 1.165) is 5.69 Å². The van der Waals surface area contributed by atoms with E-state index in [4.69, 9.17) is 9.84 Å². The number of carbonyl (C=O) groups is 1. The predicted octanol–water partition coefficient (Wildman–Crippen LogP) is 0.916. The summed E-state index contributed by atoms with van der Waals surface area (Å²) in [6.45, 7) is 2.60. The molecule has 5 heteroatoms. The van der Waals surface area contributed by atoms with Crippen LogP contribution >= 0.6 is 0 Å². The maximum absolute atomic E-state index is 10.9.